The Labute approximate surface area is 203 Å². The Bertz CT molecular complexity index is 1500. The number of nitrogens with two attached hydrogens (primary N) is 2. The minimum absolute atomic E-state index is 0.0228. The van der Waals surface area contributed by atoms with Gasteiger partial charge in [-0.2, -0.15) is 0 Å². The van der Waals surface area contributed by atoms with Gasteiger partial charge in [-0.25, -0.2) is 15.0 Å². The number of pyridine rings is 1. The van der Waals surface area contributed by atoms with E-state index < -0.39 is 5.79 Å². The molecular weight excluding hydrogens is 440 g/mol. The number of ether oxygens (including phenoxy) is 2. The Morgan fingerprint density at radius 2 is 1.83 bits per heavy atom. The second-order valence-corrected chi connectivity index (χ2v) is 11.2. The SMILES string of the molecule is Cc1cc2ccc(CC[C@]34C[C@@](n5ccc6c(N)ncnc65)(C3)[C@@H]3OC(C)(C)O[C@@H]34)cc2nc1N. The van der Waals surface area contributed by atoms with Crippen LogP contribution in [0.15, 0.2) is 42.9 Å². The lowest BCUT2D eigenvalue weighted by atomic mass is 9.61. The van der Waals surface area contributed by atoms with Crippen molar-refractivity contribution in [3.8, 4) is 0 Å². The number of aromatic nitrogens is 4. The topological polar surface area (TPSA) is 114 Å². The summed E-state index contributed by atoms with van der Waals surface area (Å²) in [7, 11) is 0. The van der Waals surface area contributed by atoms with E-state index >= 15 is 0 Å². The van der Waals surface area contributed by atoms with E-state index in [4.69, 9.17) is 20.9 Å². The molecule has 2 atom stereocenters. The van der Waals surface area contributed by atoms with Gasteiger partial charge < -0.3 is 25.5 Å². The molecule has 4 fully saturated rings. The normalized spacial score (nSPS) is 30.6. The summed E-state index contributed by atoms with van der Waals surface area (Å²) in [5.74, 6) is 0.499. The predicted octanol–water partition coefficient (Wildman–Crippen LogP) is 4.09. The van der Waals surface area contributed by atoms with Gasteiger partial charge in [0, 0.05) is 17.0 Å². The molecule has 180 valence electrons. The van der Waals surface area contributed by atoms with Crippen LogP contribution >= 0.6 is 0 Å². The van der Waals surface area contributed by atoms with Crippen LogP contribution in [0.2, 0.25) is 0 Å². The summed E-state index contributed by atoms with van der Waals surface area (Å²) in [5, 5.41) is 2.01. The van der Waals surface area contributed by atoms with E-state index in [9.17, 15) is 0 Å². The first-order valence-electron chi connectivity index (χ1n) is 12.3. The molecule has 8 heteroatoms. The van der Waals surface area contributed by atoms with Crippen LogP contribution in [0.5, 0.6) is 0 Å². The van der Waals surface area contributed by atoms with Crippen LogP contribution in [0.4, 0.5) is 11.6 Å². The van der Waals surface area contributed by atoms with Crippen molar-refractivity contribution in [2.24, 2.45) is 5.41 Å². The highest BCUT2D eigenvalue weighted by atomic mass is 16.8. The van der Waals surface area contributed by atoms with Crippen molar-refractivity contribution < 1.29 is 9.47 Å². The van der Waals surface area contributed by atoms with Gasteiger partial charge in [-0.1, -0.05) is 12.1 Å². The van der Waals surface area contributed by atoms with Crippen LogP contribution in [0.25, 0.3) is 21.9 Å². The third kappa shape index (κ3) is 2.84. The van der Waals surface area contributed by atoms with Gasteiger partial charge in [0.2, 0.25) is 0 Å². The number of rotatable bonds is 4. The summed E-state index contributed by atoms with van der Waals surface area (Å²) >= 11 is 0. The van der Waals surface area contributed by atoms with Crippen LogP contribution in [-0.2, 0) is 21.4 Å². The number of nitrogen functional groups attached to an aromatic ring is 2. The van der Waals surface area contributed by atoms with Gasteiger partial charge in [0.1, 0.15) is 29.7 Å². The van der Waals surface area contributed by atoms with Crippen LogP contribution in [0.1, 0.15) is 44.2 Å². The second-order valence-electron chi connectivity index (χ2n) is 11.2. The van der Waals surface area contributed by atoms with E-state index in [2.05, 4.69) is 50.0 Å². The minimum atomic E-state index is -0.605. The first-order chi connectivity index (χ1) is 16.7. The lowest BCUT2D eigenvalue weighted by Gasteiger charge is -2.51. The fourth-order valence-electron chi connectivity index (χ4n) is 7.01. The lowest BCUT2D eigenvalue weighted by molar-refractivity contribution is -0.204. The molecule has 2 bridgehead atoms. The van der Waals surface area contributed by atoms with Gasteiger partial charge in [0.15, 0.2) is 5.79 Å². The third-order valence-electron chi connectivity index (χ3n) is 8.56. The van der Waals surface area contributed by atoms with E-state index in [-0.39, 0.29) is 23.2 Å². The molecule has 0 unspecified atom stereocenters. The van der Waals surface area contributed by atoms with Crippen molar-refractivity contribution in [1.82, 2.24) is 19.5 Å². The van der Waals surface area contributed by atoms with Crippen molar-refractivity contribution in [2.75, 3.05) is 11.5 Å². The first kappa shape index (κ1) is 21.1. The maximum absolute atomic E-state index is 6.55. The van der Waals surface area contributed by atoms with Crippen molar-refractivity contribution in [3.05, 3.63) is 54.0 Å². The van der Waals surface area contributed by atoms with E-state index in [1.54, 1.807) is 6.33 Å². The molecule has 3 aliphatic carbocycles. The zero-order valence-electron chi connectivity index (χ0n) is 20.3. The van der Waals surface area contributed by atoms with E-state index in [1.807, 2.05) is 26.8 Å². The Hall–Kier alpha value is -3.23. The first-order valence-corrected chi connectivity index (χ1v) is 12.3. The van der Waals surface area contributed by atoms with Crippen molar-refractivity contribution >= 4 is 33.6 Å². The highest BCUT2D eigenvalue weighted by Gasteiger charge is 2.77. The number of aryl methyl sites for hydroxylation is 2. The number of nitrogens with zero attached hydrogens (tertiary/aromatic N) is 4. The Kier molecular flexibility index (Phi) is 4.04. The molecule has 1 aromatic carbocycles. The van der Waals surface area contributed by atoms with Crippen LogP contribution in [0.3, 0.4) is 0 Å². The fourth-order valence-corrected chi connectivity index (χ4v) is 7.01. The molecule has 4 aliphatic rings. The molecule has 0 radical (unpaired) electrons. The molecule has 4 N–H and O–H groups in total. The predicted molar refractivity (Wildman–Crippen MR) is 135 cm³/mol. The molecule has 1 saturated heterocycles. The maximum atomic E-state index is 6.55. The fraction of sp³-hybridized carbons (Fsp3) is 0.444. The van der Waals surface area contributed by atoms with Crippen molar-refractivity contribution in [1.29, 1.82) is 0 Å². The number of fused-ring (bicyclic) bond motifs is 2. The van der Waals surface area contributed by atoms with Gasteiger partial charge in [-0.05, 0) is 75.8 Å². The molecule has 3 aromatic heterocycles. The molecule has 35 heavy (non-hydrogen) atoms. The Morgan fingerprint density at radius 3 is 2.66 bits per heavy atom. The molecule has 1 aliphatic heterocycles. The van der Waals surface area contributed by atoms with Crippen LogP contribution in [-0.4, -0.2) is 37.5 Å². The average Bonchev–Trinajstić information content (AvgIpc) is 3.47. The number of benzene rings is 1. The lowest BCUT2D eigenvalue weighted by Crippen LogP contribution is -2.52. The van der Waals surface area contributed by atoms with Gasteiger partial charge in [0.25, 0.3) is 0 Å². The van der Waals surface area contributed by atoms with Gasteiger partial charge in [-0.15, -0.1) is 0 Å². The standard InChI is InChI=1S/C27H30N6O2/c1-15-10-17-5-4-16(11-19(17)32-22(15)28)6-8-26-12-27(13-26,21-20(26)34-25(2,3)35-21)33-9-7-18-23(29)30-14-31-24(18)33/h4-5,7,9-11,14,20-21H,6,8,12-13H2,1-3H3,(H2,28,32)(H2,29,30,31)/t20-,21+,26-,27+/m0/s1. The largest absolute Gasteiger partial charge is 0.383 e. The summed E-state index contributed by atoms with van der Waals surface area (Å²) in [6.45, 7) is 6.02. The van der Waals surface area contributed by atoms with Gasteiger partial charge >= 0.3 is 0 Å². The summed E-state index contributed by atoms with van der Waals surface area (Å²) in [4.78, 5) is 13.4. The second kappa shape index (κ2) is 6.71. The zero-order chi connectivity index (χ0) is 24.2. The Balaban J connectivity index is 1.22. The highest BCUT2D eigenvalue weighted by molar-refractivity contribution is 5.86. The highest BCUT2D eigenvalue weighted by Crippen LogP contribution is 2.71. The summed E-state index contributed by atoms with van der Waals surface area (Å²) in [6.07, 6.45) is 7.64. The van der Waals surface area contributed by atoms with Crippen LogP contribution < -0.4 is 11.5 Å². The van der Waals surface area contributed by atoms with E-state index in [0.29, 0.717) is 11.6 Å². The summed E-state index contributed by atoms with van der Waals surface area (Å²) < 4.78 is 15.4. The molecular formula is C27H30N6O2. The number of hydrogen-bond acceptors (Lipinski definition) is 7. The number of hydrogen-bond donors (Lipinski definition) is 2. The third-order valence-corrected chi connectivity index (χ3v) is 8.56. The van der Waals surface area contributed by atoms with Crippen molar-refractivity contribution in [2.45, 2.75) is 70.0 Å². The minimum Gasteiger partial charge on any atom is -0.383 e. The molecule has 4 aromatic rings. The summed E-state index contributed by atoms with van der Waals surface area (Å²) in [6, 6.07) is 10.7. The van der Waals surface area contributed by atoms with E-state index in [0.717, 1.165) is 53.2 Å². The quantitative estimate of drug-likeness (QED) is 0.462. The monoisotopic (exact) mass is 470 g/mol. The smallest absolute Gasteiger partial charge is 0.163 e. The Morgan fingerprint density at radius 1 is 1.03 bits per heavy atom. The molecule has 0 spiro atoms. The molecule has 0 amide bonds. The zero-order valence-corrected chi connectivity index (χ0v) is 20.3. The molecule has 3 saturated carbocycles. The average molecular weight is 471 g/mol. The van der Waals surface area contributed by atoms with Gasteiger partial charge in [0.05, 0.1) is 22.5 Å². The van der Waals surface area contributed by atoms with E-state index in [1.165, 1.54) is 5.56 Å². The summed E-state index contributed by atoms with van der Waals surface area (Å²) in [5.41, 5.74) is 16.2. The van der Waals surface area contributed by atoms with Gasteiger partial charge in [-0.3, -0.25) is 0 Å². The number of anilines is 2. The maximum Gasteiger partial charge on any atom is 0.163 e. The molecule has 8 rings (SSSR count). The molecule has 4 heterocycles. The van der Waals surface area contributed by atoms with Crippen LogP contribution in [0, 0.1) is 12.3 Å². The van der Waals surface area contributed by atoms with Crippen molar-refractivity contribution in [3.63, 3.8) is 0 Å². The molecule has 8 nitrogen and oxygen atoms in total.